The number of rotatable bonds is 3. The van der Waals surface area contributed by atoms with E-state index in [4.69, 9.17) is 0 Å². The molecule has 0 unspecified atom stereocenters. The maximum absolute atomic E-state index is 12.2. The minimum Gasteiger partial charge on any atom is -0.333 e. The minimum absolute atomic E-state index is 0.107. The highest BCUT2D eigenvalue weighted by Crippen LogP contribution is 2.36. The van der Waals surface area contributed by atoms with Gasteiger partial charge in [-0.15, -0.1) is 0 Å². The molecule has 108 valence electrons. The number of urea groups is 1. The molecule has 1 aromatic heterocycles. The highest BCUT2D eigenvalue weighted by Gasteiger charge is 2.52. The number of carbonyl (C=O) groups is 2. The molecule has 0 radical (unpaired) electrons. The van der Waals surface area contributed by atoms with Crippen molar-refractivity contribution in [3.8, 4) is 0 Å². The van der Waals surface area contributed by atoms with Gasteiger partial charge in [-0.3, -0.25) is 10.1 Å². The van der Waals surface area contributed by atoms with Gasteiger partial charge in [-0.1, -0.05) is 19.3 Å². The highest BCUT2D eigenvalue weighted by molar-refractivity contribution is 6.07. The molecule has 2 heterocycles. The summed E-state index contributed by atoms with van der Waals surface area (Å²) in [6.07, 6.45) is 8.40. The number of imidazole rings is 1. The van der Waals surface area contributed by atoms with Crippen molar-refractivity contribution in [1.29, 1.82) is 0 Å². The molecule has 3 amide bonds. The van der Waals surface area contributed by atoms with Gasteiger partial charge in [0.05, 0.1) is 0 Å². The molecule has 0 aromatic carbocycles. The summed E-state index contributed by atoms with van der Waals surface area (Å²) in [5, 5.41) is 2.50. The Hall–Kier alpha value is -1.85. The lowest BCUT2D eigenvalue weighted by molar-refractivity contribution is -0.128. The van der Waals surface area contributed by atoms with Gasteiger partial charge < -0.3 is 9.47 Å². The molecule has 1 N–H and O–H groups in total. The number of imide groups is 1. The molecule has 1 aromatic rings. The van der Waals surface area contributed by atoms with Crippen molar-refractivity contribution in [3.05, 3.63) is 18.2 Å². The molecule has 20 heavy (non-hydrogen) atoms. The monoisotopic (exact) mass is 276 g/mol. The average molecular weight is 276 g/mol. The maximum atomic E-state index is 12.2. The first-order valence-electron chi connectivity index (χ1n) is 7.24. The summed E-state index contributed by atoms with van der Waals surface area (Å²) in [6.45, 7) is 3.16. The van der Waals surface area contributed by atoms with E-state index < -0.39 is 5.54 Å². The normalized spacial score (nSPS) is 21.6. The van der Waals surface area contributed by atoms with E-state index in [0.29, 0.717) is 13.1 Å². The second-order valence-electron chi connectivity index (χ2n) is 5.67. The van der Waals surface area contributed by atoms with Crippen molar-refractivity contribution in [2.75, 3.05) is 6.54 Å². The minimum atomic E-state index is -0.593. The van der Waals surface area contributed by atoms with Crippen LogP contribution < -0.4 is 5.32 Å². The van der Waals surface area contributed by atoms with E-state index in [2.05, 4.69) is 10.3 Å². The van der Waals surface area contributed by atoms with Crippen molar-refractivity contribution in [2.24, 2.45) is 0 Å². The maximum Gasteiger partial charge on any atom is 0.325 e. The standard InChI is InChI=1S/C14H20N4O2/c1-11-15-7-8-17(11)9-10-18-13(20)16-12(19)14(18)5-3-2-4-6-14/h7-8H,2-6,9-10H2,1H3,(H,16,19,20). The number of amides is 3. The second kappa shape index (κ2) is 4.92. The molecule has 2 fully saturated rings. The van der Waals surface area contributed by atoms with Crippen LogP contribution in [0.5, 0.6) is 0 Å². The summed E-state index contributed by atoms with van der Waals surface area (Å²) in [7, 11) is 0. The van der Waals surface area contributed by atoms with Crippen LogP contribution in [0.2, 0.25) is 0 Å². The molecule has 1 saturated heterocycles. The third kappa shape index (κ3) is 1.99. The molecule has 0 atom stereocenters. The first kappa shape index (κ1) is 13.1. The Kier molecular flexibility index (Phi) is 3.23. The van der Waals surface area contributed by atoms with E-state index in [9.17, 15) is 9.59 Å². The van der Waals surface area contributed by atoms with Crippen molar-refractivity contribution < 1.29 is 9.59 Å². The molecule has 3 rings (SSSR count). The molecule has 1 spiro atoms. The number of carbonyl (C=O) groups excluding carboxylic acids is 2. The Bertz CT molecular complexity index is 531. The lowest BCUT2D eigenvalue weighted by Gasteiger charge is -2.38. The van der Waals surface area contributed by atoms with Crippen LogP contribution in [0.4, 0.5) is 4.79 Å². The smallest absolute Gasteiger partial charge is 0.325 e. The summed E-state index contributed by atoms with van der Waals surface area (Å²) in [5.74, 6) is 0.818. The van der Waals surface area contributed by atoms with Gasteiger partial charge in [-0.05, 0) is 19.8 Å². The molecule has 2 aliphatic rings. The van der Waals surface area contributed by atoms with E-state index in [-0.39, 0.29) is 11.9 Å². The van der Waals surface area contributed by atoms with E-state index in [0.717, 1.165) is 37.9 Å². The lowest BCUT2D eigenvalue weighted by atomic mass is 9.80. The molecule has 0 bridgehead atoms. The number of aromatic nitrogens is 2. The van der Waals surface area contributed by atoms with Gasteiger partial charge >= 0.3 is 6.03 Å². The van der Waals surface area contributed by atoms with Gasteiger partial charge in [0.2, 0.25) is 0 Å². The third-order valence-electron chi connectivity index (χ3n) is 4.57. The van der Waals surface area contributed by atoms with Gasteiger partial charge in [0.25, 0.3) is 5.91 Å². The van der Waals surface area contributed by atoms with Crippen molar-refractivity contribution in [1.82, 2.24) is 19.8 Å². The Labute approximate surface area is 118 Å². The molecule has 1 saturated carbocycles. The Balaban J connectivity index is 1.77. The van der Waals surface area contributed by atoms with E-state index in [1.807, 2.05) is 17.7 Å². The zero-order chi connectivity index (χ0) is 14.2. The van der Waals surface area contributed by atoms with Crippen molar-refractivity contribution >= 4 is 11.9 Å². The van der Waals surface area contributed by atoms with E-state index in [1.54, 1.807) is 11.1 Å². The number of aryl methyl sites for hydroxylation is 1. The fourth-order valence-electron chi connectivity index (χ4n) is 3.39. The zero-order valence-electron chi connectivity index (χ0n) is 11.8. The Morgan fingerprint density at radius 2 is 2.00 bits per heavy atom. The van der Waals surface area contributed by atoms with Crippen LogP contribution in [0.25, 0.3) is 0 Å². The molecule has 1 aliphatic carbocycles. The summed E-state index contributed by atoms with van der Waals surface area (Å²) < 4.78 is 2.01. The zero-order valence-corrected chi connectivity index (χ0v) is 11.8. The van der Waals surface area contributed by atoms with Gasteiger partial charge in [-0.2, -0.15) is 0 Å². The summed E-state index contributed by atoms with van der Waals surface area (Å²) in [5.41, 5.74) is -0.593. The molecule has 6 nitrogen and oxygen atoms in total. The van der Waals surface area contributed by atoms with Crippen molar-refractivity contribution in [2.45, 2.75) is 51.1 Å². The number of nitrogens with one attached hydrogen (secondary N) is 1. The van der Waals surface area contributed by atoms with Gasteiger partial charge in [0, 0.05) is 25.5 Å². The topological polar surface area (TPSA) is 67.2 Å². The highest BCUT2D eigenvalue weighted by atomic mass is 16.2. The average Bonchev–Trinajstić information content (AvgIpc) is 2.93. The lowest BCUT2D eigenvalue weighted by Crippen LogP contribution is -2.51. The number of hydrogen-bond donors (Lipinski definition) is 1. The Morgan fingerprint density at radius 3 is 2.65 bits per heavy atom. The molecular weight excluding hydrogens is 256 g/mol. The van der Waals surface area contributed by atoms with Gasteiger partial charge in [0.1, 0.15) is 11.4 Å². The number of hydrogen-bond acceptors (Lipinski definition) is 3. The molecule has 1 aliphatic heterocycles. The van der Waals surface area contributed by atoms with Crippen molar-refractivity contribution in [3.63, 3.8) is 0 Å². The van der Waals surface area contributed by atoms with Crippen LogP contribution >= 0.6 is 0 Å². The van der Waals surface area contributed by atoms with E-state index in [1.165, 1.54) is 0 Å². The molecule has 6 heteroatoms. The quantitative estimate of drug-likeness (QED) is 0.850. The summed E-state index contributed by atoms with van der Waals surface area (Å²) in [4.78, 5) is 30.2. The van der Waals surface area contributed by atoms with Crippen LogP contribution in [-0.4, -0.2) is 38.5 Å². The predicted molar refractivity (Wildman–Crippen MR) is 73.0 cm³/mol. The number of nitrogens with zero attached hydrogens (tertiary/aromatic N) is 3. The predicted octanol–water partition coefficient (Wildman–Crippen LogP) is 1.45. The van der Waals surface area contributed by atoms with Crippen LogP contribution in [-0.2, 0) is 11.3 Å². The molecular formula is C14H20N4O2. The second-order valence-corrected chi connectivity index (χ2v) is 5.67. The first-order valence-corrected chi connectivity index (χ1v) is 7.24. The first-order chi connectivity index (χ1) is 9.63. The van der Waals surface area contributed by atoms with Crippen LogP contribution in [0.15, 0.2) is 12.4 Å². The van der Waals surface area contributed by atoms with Crippen LogP contribution in [0, 0.1) is 6.92 Å². The van der Waals surface area contributed by atoms with E-state index >= 15 is 0 Å². The third-order valence-corrected chi connectivity index (χ3v) is 4.57. The van der Waals surface area contributed by atoms with Gasteiger partial charge in [-0.25, -0.2) is 9.78 Å². The summed E-state index contributed by atoms with van der Waals surface area (Å²) >= 11 is 0. The SMILES string of the molecule is Cc1nccn1CCN1C(=O)NC(=O)C12CCCCC2. The van der Waals surface area contributed by atoms with Crippen LogP contribution in [0.3, 0.4) is 0 Å². The van der Waals surface area contributed by atoms with Crippen LogP contribution in [0.1, 0.15) is 37.9 Å². The fourth-order valence-corrected chi connectivity index (χ4v) is 3.39. The van der Waals surface area contributed by atoms with Gasteiger partial charge in [0.15, 0.2) is 0 Å². The largest absolute Gasteiger partial charge is 0.333 e. The summed E-state index contributed by atoms with van der Waals surface area (Å²) in [6, 6.07) is -0.241. The Morgan fingerprint density at radius 1 is 1.25 bits per heavy atom. The fraction of sp³-hybridized carbons (Fsp3) is 0.643.